The third kappa shape index (κ3) is 10.5. The van der Waals surface area contributed by atoms with E-state index in [1.165, 1.54) is 88.2 Å². The summed E-state index contributed by atoms with van der Waals surface area (Å²) in [4.78, 5) is 27.8. The van der Waals surface area contributed by atoms with Crippen molar-refractivity contribution in [1.82, 2.24) is 43.6 Å². The van der Waals surface area contributed by atoms with Crippen LogP contribution in [0.1, 0.15) is 11.1 Å². The molecule has 105 heavy (non-hydrogen) atoms. The number of hydrogen-bond acceptors (Lipinski definition) is 6. The van der Waals surface area contributed by atoms with Gasteiger partial charge in [-0.1, -0.05) is 206 Å². The zero-order valence-electron chi connectivity index (χ0n) is 56.6. The van der Waals surface area contributed by atoms with E-state index in [2.05, 4.69) is 319 Å². The zero-order chi connectivity index (χ0) is 69.5. The fourth-order valence-electron chi connectivity index (χ4n) is 15.9. The van der Waals surface area contributed by atoms with Gasteiger partial charge in [-0.3, -0.25) is 14.5 Å². The molecular formula is C95H60ClN9. The van der Waals surface area contributed by atoms with Crippen molar-refractivity contribution < 1.29 is 0 Å². The lowest BCUT2D eigenvalue weighted by molar-refractivity contribution is 1.01. The lowest BCUT2D eigenvalue weighted by Crippen LogP contribution is -2.03. The van der Waals surface area contributed by atoms with Crippen LogP contribution in [0.25, 0.3) is 182 Å². The Kier molecular flexibility index (Phi) is 14.8. The van der Waals surface area contributed by atoms with Crippen LogP contribution < -0.4 is 0 Å². The molecule has 0 bridgehead atoms. The Bertz CT molecular complexity index is 7010. The molecule has 492 valence electrons. The summed E-state index contributed by atoms with van der Waals surface area (Å²) in [5.41, 5.74) is 25.4. The van der Waals surface area contributed by atoms with E-state index < -0.39 is 0 Å². The highest BCUT2D eigenvalue weighted by Crippen LogP contribution is 2.43. The second-order valence-electron chi connectivity index (χ2n) is 26.7. The molecule has 14 aromatic carbocycles. The van der Waals surface area contributed by atoms with Crippen LogP contribution >= 0.6 is 11.6 Å². The maximum atomic E-state index is 6.14. The zero-order valence-corrected chi connectivity index (χ0v) is 57.4. The van der Waals surface area contributed by atoms with Gasteiger partial charge in [-0.25, -0.2) is 19.9 Å². The minimum Gasteiger partial charge on any atom is -0.309 e. The van der Waals surface area contributed by atoms with E-state index in [-0.39, 0.29) is 5.28 Å². The maximum Gasteiger partial charge on any atom is 0.235 e. The van der Waals surface area contributed by atoms with E-state index in [1.54, 1.807) is 12.4 Å². The summed E-state index contributed by atoms with van der Waals surface area (Å²) >= 11 is 6.14. The van der Waals surface area contributed by atoms with Gasteiger partial charge < -0.3 is 9.13 Å². The Balaban J connectivity index is 0.000000117. The van der Waals surface area contributed by atoms with Crippen LogP contribution in [0.4, 0.5) is 0 Å². The predicted molar refractivity (Wildman–Crippen MR) is 434 cm³/mol. The third-order valence-corrected chi connectivity index (χ3v) is 20.9. The number of nitrogens with zero attached hydrogens (tertiary/aromatic N) is 9. The van der Waals surface area contributed by atoms with Crippen molar-refractivity contribution in [2.75, 3.05) is 0 Å². The number of aromatic nitrogens is 9. The highest BCUT2D eigenvalue weighted by Gasteiger charge is 2.23. The van der Waals surface area contributed by atoms with Gasteiger partial charge in [0.1, 0.15) is 0 Å². The van der Waals surface area contributed by atoms with Gasteiger partial charge in [0.25, 0.3) is 0 Å². The summed E-state index contributed by atoms with van der Waals surface area (Å²) in [6.45, 7) is 0. The number of fused-ring (bicyclic) bond motifs is 18. The molecule has 22 rings (SSSR count). The third-order valence-electron chi connectivity index (χ3n) is 20.8. The molecule has 1 aliphatic carbocycles. The fourth-order valence-corrected chi connectivity index (χ4v) is 16.1. The molecule has 0 saturated heterocycles. The summed E-state index contributed by atoms with van der Waals surface area (Å²) < 4.78 is 6.95. The van der Waals surface area contributed by atoms with Gasteiger partial charge in [-0.15, -0.1) is 0 Å². The van der Waals surface area contributed by atoms with Gasteiger partial charge in [-0.05, 0) is 195 Å². The number of halogens is 1. The molecule has 0 atom stereocenters. The topological polar surface area (TPSA) is 92.1 Å². The van der Waals surface area contributed by atoms with Crippen molar-refractivity contribution in [3.63, 3.8) is 0 Å². The Morgan fingerprint density at radius 2 is 0.638 bits per heavy atom. The van der Waals surface area contributed by atoms with Crippen molar-refractivity contribution in [3.05, 3.63) is 369 Å². The first-order valence-corrected chi connectivity index (χ1v) is 35.7. The summed E-state index contributed by atoms with van der Waals surface area (Å²) in [6.07, 6.45) is 8.18. The van der Waals surface area contributed by atoms with Crippen molar-refractivity contribution in [1.29, 1.82) is 0 Å². The van der Waals surface area contributed by atoms with Gasteiger partial charge in [0.15, 0.2) is 0 Å². The van der Waals surface area contributed by atoms with Gasteiger partial charge >= 0.3 is 0 Å². The molecule has 7 heterocycles. The number of hydrogen-bond donors (Lipinski definition) is 0. The SMILES string of the molecule is Clc1nc(-c2ccncc2)c2ccc3ccccc3c2n1.c1ccc(-n2c3ccccc3c3cc(-c4ccc5c(c4)-c4ccccc4C5)ccc32)cc1.c1ccc(-n2c3ccccc3c3cc(-c4ccc5c(c4)c4ccccc4n5-c4nc(-c5ccncc5)c5ccc6ccccc6c5n4)ccc32)cc1. The predicted octanol–water partition coefficient (Wildman–Crippen LogP) is 24.2. The average molecular weight is 1360 g/mol. The average Bonchev–Trinajstić information content (AvgIpc) is 1.63. The van der Waals surface area contributed by atoms with Crippen LogP contribution in [0.2, 0.25) is 5.28 Å². The summed E-state index contributed by atoms with van der Waals surface area (Å²) in [7, 11) is 0. The van der Waals surface area contributed by atoms with E-state index in [4.69, 9.17) is 21.6 Å². The molecule has 9 nitrogen and oxygen atoms in total. The number of para-hydroxylation sites is 5. The minimum absolute atomic E-state index is 0.255. The molecule has 21 aromatic rings. The Morgan fingerprint density at radius 3 is 1.16 bits per heavy atom. The molecule has 0 spiro atoms. The first-order valence-electron chi connectivity index (χ1n) is 35.3. The molecule has 0 saturated carbocycles. The van der Waals surface area contributed by atoms with E-state index in [1.807, 2.05) is 54.9 Å². The van der Waals surface area contributed by atoms with Crippen LogP contribution in [-0.2, 0) is 6.42 Å². The van der Waals surface area contributed by atoms with Crippen molar-refractivity contribution >= 4 is 120 Å². The smallest absolute Gasteiger partial charge is 0.235 e. The first kappa shape index (κ1) is 61.2. The van der Waals surface area contributed by atoms with Gasteiger partial charge in [0, 0.05) is 101 Å². The molecule has 1 aliphatic rings. The largest absolute Gasteiger partial charge is 0.309 e. The molecule has 0 aliphatic heterocycles. The number of pyridine rings is 2. The second-order valence-corrected chi connectivity index (χ2v) is 27.0. The van der Waals surface area contributed by atoms with Crippen LogP contribution in [0.15, 0.2) is 352 Å². The number of rotatable bonds is 7. The fraction of sp³-hybridized carbons (Fsp3) is 0.0105. The monoisotopic (exact) mass is 1360 g/mol. The highest BCUT2D eigenvalue weighted by molar-refractivity contribution is 6.29. The highest BCUT2D eigenvalue weighted by atomic mass is 35.5. The van der Waals surface area contributed by atoms with Crippen molar-refractivity contribution in [3.8, 4) is 73.2 Å². The lowest BCUT2D eigenvalue weighted by Gasteiger charge is -2.13. The van der Waals surface area contributed by atoms with Crippen molar-refractivity contribution in [2.45, 2.75) is 6.42 Å². The molecule has 7 aromatic heterocycles. The van der Waals surface area contributed by atoms with Gasteiger partial charge in [-0.2, -0.15) is 0 Å². The summed E-state index contributed by atoms with van der Waals surface area (Å²) in [5.74, 6) is 0.643. The summed E-state index contributed by atoms with van der Waals surface area (Å²) in [6, 6.07) is 116. The van der Waals surface area contributed by atoms with Crippen LogP contribution in [-0.4, -0.2) is 43.6 Å². The molecule has 0 amide bonds. The van der Waals surface area contributed by atoms with Gasteiger partial charge in [0.2, 0.25) is 11.2 Å². The Hall–Kier alpha value is -13.7. The molecule has 0 radical (unpaired) electrons. The molecular weight excluding hydrogens is 1300 g/mol. The molecule has 0 unspecified atom stereocenters. The Labute approximate surface area is 608 Å². The maximum absolute atomic E-state index is 6.14. The lowest BCUT2D eigenvalue weighted by atomic mass is 9.97. The van der Waals surface area contributed by atoms with Gasteiger partial charge in [0.05, 0.1) is 55.5 Å². The van der Waals surface area contributed by atoms with Crippen LogP contribution in [0.5, 0.6) is 0 Å². The van der Waals surface area contributed by atoms with Crippen LogP contribution in [0.3, 0.4) is 0 Å². The van der Waals surface area contributed by atoms with Crippen molar-refractivity contribution in [2.24, 2.45) is 0 Å². The van der Waals surface area contributed by atoms with E-state index in [0.717, 1.165) is 105 Å². The molecule has 0 fully saturated rings. The molecule has 10 heteroatoms. The van der Waals surface area contributed by atoms with E-state index >= 15 is 0 Å². The van der Waals surface area contributed by atoms with Crippen LogP contribution in [0, 0.1) is 0 Å². The Morgan fingerprint density at radius 1 is 0.248 bits per heavy atom. The normalized spacial score (nSPS) is 11.8. The quantitative estimate of drug-likeness (QED) is 0.117. The van der Waals surface area contributed by atoms with E-state index in [9.17, 15) is 0 Å². The minimum atomic E-state index is 0.255. The standard InChI is InChI=1S/C47H29N5.C31H21N.C17H10ClN3/c1-2-11-34(12-3-1)51-41-16-8-6-14-36(41)39-28-32(19-22-43(39)51)33-20-23-44-40(29-33)37-15-7-9-17-42(37)52(44)47-49-45(31-24-26-48-27-25-31)38-21-18-30-10-4-5-13-35(30)46(38)50-47;1-2-9-25(10-3-1)32-30-13-7-6-12-27(30)29-20-22(16-17-31(29)32)21-14-15-24-18-23-8-4-5-11-26(23)28(24)19-21;18-17-20-15(12-7-9-19-10-8-12)14-6-5-11-3-1-2-4-13(11)16(14)21-17/h1-29H;1-17,19-20H,18H2;1-10H. The first-order chi connectivity index (χ1) is 52.0. The van der Waals surface area contributed by atoms with E-state index in [0.29, 0.717) is 5.95 Å². The molecule has 0 N–H and O–H groups in total. The second kappa shape index (κ2) is 25.4. The summed E-state index contributed by atoms with van der Waals surface area (Å²) in [5, 5.41) is 14.1. The number of benzene rings is 14.